The van der Waals surface area contributed by atoms with Gasteiger partial charge in [0.25, 0.3) is 0 Å². The van der Waals surface area contributed by atoms with E-state index in [2.05, 4.69) is 12.2 Å². The van der Waals surface area contributed by atoms with E-state index in [1.54, 1.807) is 6.92 Å². The highest BCUT2D eigenvalue weighted by atomic mass is 16.5. The van der Waals surface area contributed by atoms with Crippen LogP contribution in [0.4, 0.5) is 0 Å². The summed E-state index contributed by atoms with van der Waals surface area (Å²) in [6, 6.07) is 0. The number of rotatable bonds is 1. The first kappa shape index (κ1) is 20.5. The highest BCUT2D eigenvalue weighted by molar-refractivity contribution is 5.99. The van der Waals surface area contributed by atoms with E-state index in [9.17, 15) is 19.5 Å². The van der Waals surface area contributed by atoms with Crippen molar-refractivity contribution < 1.29 is 24.2 Å². The number of carbonyl (C=O) groups excluding carboxylic acids is 3. The molecule has 1 N–H and O–H groups in total. The predicted octanol–water partition coefficient (Wildman–Crippen LogP) is 3.40. The largest absolute Gasteiger partial charge is 0.462 e. The first-order chi connectivity index (χ1) is 13.9. The van der Waals surface area contributed by atoms with Gasteiger partial charge in [0, 0.05) is 24.7 Å². The number of carbonyl (C=O) groups is 3. The van der Waals surface area contributed by atoms with E-state index < -0.39 is 12.0 Å². The van der Waals surface area contributed by atoms with E-state index in [1.807, 2.05) is 13.0 Å². The maximum atomic E-state index is 13.3. The summed E-state index contributed by atoms with van der Waals surface area (Å²) in [5.74, 6) is -0.0683. The van der Waals surface area contributed by atoms with Gasteiger partial charge in [-0.2, -0.15) is 0 Å². The number of allylic oxidation sites excluding steroid dienone is 4. The Labute approximate surface area is 172 Å². The number of cyclic esters (lactones) is 1. The van der Waals surface area contributed by atoms with Crippen LogP contribution in [0.3, 0.4) is 0 Å². The second-order valence-corrected chi connectivity index (χ2v) is 9.42. The summed E-state index contributed by atoms with van der Waals surface area (Å²) in [5.41, 5.74) is 0.668. The predicted molar refractivity (Wildman–Crippen MR) is 108 cm³/mol. The van der Waals surface area contributed by atoms with Crippen molar-refractivity contribution in [2.45, 2.75) is 71.0 Å². The first-order valence-corrected chi connectivity index (χ1v) is 11.2. The van der Waals surface area contributed by atoms with Crippen molar-refractivity contribution in [3.8, 4) is 0 Å². The van der Waals surface area contributed by atoms with Crippen LogP contribution in [0.5, 0.6) is 0 Å². The molecule has 5 nitrogen and oxygen atoms in total. The van der Waals surface area contributed by atoms with Gasteiger partial charge < -0.3 is 9.84 Å². The molecule has 2 fully saturated rings. The number of ether oxygens (including phenoxy) is 1. The maximum absolute atomic E-state index is 13.3. The van der Waals surface area contributed by atoms with Gasteiger partial charge in [-0.1, -0.05) is 32.1 Å². The summed E-state index contributed by atoms with van der Waals surface area (Å²) >= 11 is 0. The Kier molecular flexibility index (Phi) is 5.78. The maximum Gasteiger partial charge on any atom is 0.306 e. The van der Waals surface area contributed by atoms with Crippen LogP contribution in [0.25, 0.3) is 0 Å². The molecule has 0 spiro atoms. The third kappa shape index (κ3) is 3.86. The minimum atomic E-state index is -0.685. The van der Waals surface area contributed by atoms with Crippen LogP contribution in [0, 0.1) is 35.5 Å². The number of aliphatic hydroxyl groups is 1. The minimum Gasteiger partial charge on any atom is -0.462 e. The second-order valence-electron chi connectivity index (χ2n) is 9.42. The van der Waals surface area contributed by atoms with Crippen LogP contribution in [-0.4, -0.2) is 34.9 Å². The van der Waals surface area contributed by atoms with Gasteiger partial charge in [-0.15, -0.1) is 0 Å². The summed E-state index contributed by atoms with van der Waals surface area (Å²) in [6.45, 7) is 3.80. The number of ketones is 2. The summed E-state index contributed by atoms with van der Waals surface area (Å²) < 4.78 is 5.72. The molecular weight excluding hydrogens is 368 g/mol. The van der Waals surface area contributed by atoms with Gasteiger partial charge in [0.05, 0.1) is 12.5 Å². The molecule has 158 valence electrons. The number of fused-ring (bicyclic) bond motifs is 5. The van der Waals surface area contributed by atoms with E-state index in [0.717, 1.165) is 12.8 Å². The highest BCUT2D eigenvalue weighted by Crippen LogP contribution is 2.52. The Morgan fingerprint density at radius 2 is 1.86 bits per heavy atom. The molecule has 0 aromatic rings. The zero-order valence-corrected chi connectivity index (χ0v) is 17.4. The molecule has 1 saturated carbocycles. The van der Waals surface area contributed by atoms with Crippen molar-refractivity contribution in [2.75, 3.05) is 0 Å². The molecule has 4 aliphatic rings. The molecule has 1 heterocycles. The fourth-order valence-electron chi connectivity index (χ4n) is 5.92. The average molecular weight is 401 g/mol. The number of hydrogen-bond donors (Lipinski definition) is 1. The Hall–Kier alpha value is -1.75. The lowest BCUT2D eigenvalue weighted by Crippen LogP contribution is -2.33. The van der Waals surface area contributed by atoms with Gasteiger partial charge in [-0.05, 0) is 54.9 Å². The average Bonchev–Trinajstić information content (AvgIpc) is 3.24. The summed E-state index contributed by atoms with van der Waals surface area (Å²) in [5, 5.41) is 10.6. The fourth-order valence-corrected chi connectivity index (χ4v) is 5.92. The van der Waals surface area contributed by atoms with E-state index in [-0.39, 0.29) is 59.7 Å². The zero-order valence-electron chi connectivity index (χ0n) is 17.4. The van der Waals surface area contributed by atoms with E-state index in [0.29, 0.717) is 31.3 Å². The van der Waals surface area contributed by atoms with Crippen LogP contribution in [0.15, 0.2) is 23.8 Å². The molecule has 0 aromatic carbocycles. The third-order valence-electron chi connectivity index (χ3n) is 7.67. The van der Waals surface area contributed by atoms with E-state index in [4.69, 9.17) is 4.74 Å². The van der Waals surface area contributed by atoms with Gasteiger partial charge in [-0.3, -0.25) is 14.4 Å². The molecule has 3 aliphatic carbocycles. The van der Waals surface area contributed by atoms with Gasteiger partial charge in [0.1, 0.15) is 11.9 Å². The SMILES string of the molecule is CC[C@H]1CCC[C@H](O)[C@@H](C)C(=O)C2=C[C@@H]3[C@@H](C=C[C@@H]4CC(=O)C[C@@H]34)[C@@H]2CC(=O)O1. The van der Waals surface area contributed by atoms with Gasteiger partial charge in [0.15, 0.2) is 5.78 Å². The Morgan fingerprint density at radius 3 is 2.62 bits per heavy atom. The summed E-state index contributed by atoms with van der Waals surface area (Å²) in [6.07, 6.45) is 9.54. The molecule has 0 unspecified atom stereocenters. The van der Waals surface area contributed by atoms with Crippen molar-refractivity contribution in [1.82, 2.24) is 0 Å². The fraction of sp³-hybridized carbons (Fsp3) is 0.708. The first-order valence-electron chi connectivity index (χ1n) is 11.2. The Balaban J connectivity index is 1.66. The molecule has 5 heteroatoms. The summed E-state index contributed by atoms with van der Waals surface area (Å²) in [7, 11) is 0. The molecule has 4 rings (SSSR count). The molecule has 8 atom stereocenters. The molecule has 0 aromatic heterocycles. The molecule has 0 amide bonds. The normalized spacial score (nSPS) is 42.9. The topological polar surface area (TPSA) is 80.7 Å². The van der Waals surface area contributed by atoms with Crippen LogP contribution in [0.1, 0.15) is 58.8 Å². The molecule has 0 bridgehead atoms. The Morgan fingerprint density at radius 1 is 1.07 bits per heavy atom. The number of esters is 1. The second kappa shape index (κ2) is 8.17. The van der Waals surface area contributed by atoms with Gasteiger partial charge >= 0.3 is 5.97 Å². The van der Waals surface area contributed by atoms with Crippen molar-refractivity contribution in [2.24, 2.45) is 35.5 Å². The number of hydrogen-bond acceptors (Lipinski definition) is 5. The minimum absolute atomic E-state index is 0.0495. The van der Waals surface area contributed by atoms with Crippen molar-refractivity contribution in [3.05, 3.63) is 23.8 Å². The lowest BCUT2D eigenvalue weighted by Gasteiger charge is -2.34. The number of Topliss-reactive ketones (excluding diaryl/α,β-unsaturated/α-hetero) is 2. The lowest BCUT2D eigenvalue weighted by molar-refractivity contribution is -0.151. The van der Waals surface area contributed by atoms with E-state index >= 15 is 0 Å². The zero-order chi connectivity index (χ0) is 20.7. The van der Waals surface area contributed by atoms with Crippen LogP contribution in [-0.2, 0) is 19.1 Å². The molecule has 1 saturated heterocycles. The standard InChI is InChI=1S/C24H32O5/c1-3-16-5-4-6-22(26)13(2)24(28)21-11-19-17(20(21)12-23(27)29-16)8-7-14-9-15(25)10-18(14)19/h7-8,11,13-14,16-20,22,26H,3-6,9-10,12H2,1-2H3/t13-,14-,16+,17-,18-,19-,20+,22+/m1/s1. The molecular formula is C24H32O5. The number of aliphatic hydroxyl groups excluding tert-OH is 1. The van der Waals surface area contributed by atoms with Gasteiger partial charge in [-0.25, -0.2) is 0 Å². The van der Waals surface area contributed by atoms with Crippen LogP contribution >= 0.6 is 0 Å². The van der Waals surface area contributed by atoms with Crippen LogP contribution < -0.4 is 0 Å². The molecule has 0 radical (unpaired) electrons. The quantitative estimate of drug-likeness (QED) is 0.539. The lowest BCUT2D eigenvalue weighted by atomic mass is 9.70. The highest BCUT2D eigenvalue weighted by Gasteiger charge is 2.49. The monoisotopic (exact) mass is 400 g/mol. The third-order valence-corrected chi connectivity index (χ3v) is 7.67. The molecule has 1 aliphatic heterocycles. The van der Waals surface area contributed by atoms with Crippen molar-refractivity contribution in [1.29, 1.82) is 0 Å². The van der Waals surface area contributed by atoms with Crippen molar-refractivity contribution >= 4 is 17.5 Å². The van der Waals surface area contributed by atoms with Gasteiger partial charge in [0.2, 0.25) is 0 Å². The smallest absolute Gasteiger partial charge is 0.306 e. The Bertz CT molecular complexity index is 750. The van der Waals surface area contributed by atoms with E-state index in [1.165, 1.54) is 0 Å². The molecule has 29 heavy (non-hydrogen) atoms. The van der Waals surface area contributed by atoms with Crippen LogP contribution in [0.2, 0.25) is 0 Å². The summed E-state index contributed by atoms with van der Waals surface area (Å²) in [4.78, 5) is 38.1. The van der Waals surface area contributed by atoms with Crippen molar-refractivity contribution in [3.63, 3.8) is 0 Å².